The van der Waals surface area contributed by atoms with E-state index in [1.807, 2.05) is 43.3 Å². The standard InChI is InChI=1S/C24H22Cl3N3O2/c1-24(10-12-31)14-19(16-3-2-4-18(26)13-16)21(15-5-7-17(25)8-6-15)30(22(24)32)20-9-11-28-23(27)29-20/h2-5,7,9,11-13,19,21H,6,8,10,14H2,1H3/t19-,21?,24+/m1/s1. The van der Waals surface area contributed by atoms with E-state index in [9.17, 15) is 9.59 Å². The fourth-order valence-corrected chi connectivity index (χ4v) is 5.18. The highest BCUT2D eigenvalue weighted by molar-refractivity contribution is 6.30. The molecule has 1 unspecified atom stereocenters. The molecule has 8 heteroatoms. The number of piperidine rings is 1. The summed E-state index contributed by atoms with van der Waals surface area (Å²) >= 11 is 18.7. The third-order valence-corrected chi connectivity index (χ3v) is 6.98. The van der Waals surface area contributed by atoms with Crippen LogP contribution >= 0.6 is 34.8 Å². The predicted octanol–water partition coefficient (Wildman–Crippen LogP) is 6.11. The molecule has 3 atom stereocenters. The number of halogens is 3. The summed E-state index contributed by atoms with van der Waals surface area (Å²) in [6.45, 7) is 1.83. The lowest BCUT2D eigenvalue weighted by Gasteiger charge is -2.49. The molecule has 1 saturated heterocycles. The van der Waals surface area contributed by atoms with Crippen molar-refractivity contribution in [2.75, 3.05) is 4.90 Å². The van der Waals surface area contributed by atoms with Gasteiger partial charge in [-0.3, -0.25) is 9.69 Å². The van der Waals surface area contributed by atoms with E-state index in [2.05, 4.69) is 9.97 Å². The number of aldehydes is 1. The van der Waals surface area contributed by atoms with Crippen molar-refractivity contribution in [3.8, 4) is 0 Å². The molecule has 1 aromatic carbocycles. The molecule has 1 aromatic heterocycles. The molecule has 1 fully saturated rings. The van der Waals surface area contributed by atoms with E-state index in [0.29, 0.717) is 30.1 Å². The molecule has 0 radical (unpaired) electrons. The van der Waals surface area contributed by atoms with Crippen LogP contribution in [0.5, 0.6) is 0 Å². The highest BCUT2D eigenvalue weighted by atomic mass is 35.5. The molecule has 4 rings (SSSR count). The quantitative estimate of drug-likeness (QED) is 0.375. The molecule has 2 aliphatic rings. The fraction of sp³-hybridized carbons (Fsp3) is 0.333. The average molecular weight is 491 g/mol. The second-order valence-corrected chi connectivity index (χ2v) is 9.72. The number of amides is 1. The first-order chi connectivity index (χ1) is 15.3. The maximum Gasteiger partial charge on any atom is 0.235 e. The molecule has 0 bridgehead atoms. The summed E-state index contributed by atoms with van der Waals surface area (Å²) in [7, 11) is 0. The van der Waals surface area contributed by atoms with Crippen LogP contribution in [0.3, 0.4) is 0 Å². The zero-order chi connectivity index (χ0) is 22.9. The Morgan fingerprint density at radius 2 is 2.00 bits per heavy atom. The van der Waals surface area contributed by atoms with Crippen LogP contribution in [0.4, 0.5) is 5.82 Å². The fourth-order valence-electron chi connectivity index (χ4n) is 4.68. The zero-order valence-corrected chi connectivity index (χ0v) is 19.7. The molecule has 2 aromatic rings. The molecule has 1 aliphatic carbocycles. The van der Waals surface area contributed by atoms with Crippen molar-refractivity contribution >= 4 is 52.8 Å². The van der Waals surface area contributed by atoms with Gasteiger partial charge >= 0.3 is 0 Å². The second-order valence-electron chi connectivity index (χ2n) is 8.46. The lowest BCUT2D eigenvalue weighted by Crippen LogP contribution is -2.57. The van der Waals surface area contributed by atoms with Crippen LogP contribution < -0.4 is 4.90 Å². The van der Waals surface area contributed by atoms with Crippen LogP contribution in [-0.4, -0.2) is 28.2 Å². The number of rotatable bonds is 5. The Labute approximate surface area is 202 Å². The van der Waals surface area contributed by atoms with Gasteiger partial charge in [0, 0.05) is 28.6 Å². The Hall–Kier alpha value is -2.21. The minimum atomic E-state index is -0.897. The lowest BCUT2D eigenvalue weighted by molar-refractivity contribution is -0.133. The summed E-state index contributed by atoms with van der Waals surface area (Å²) in [6, 6.07) is 9.01. The number of hydrogen-bond donors (Lipinski definition) is 0. The molecule has 166 valence electrons. The molecule has 1 amide bonds. The lowest BCUT2D eigenvalue weighted by atomic mass is 9.67. The smallest absolute Gasteiger partial charge is 0.235 e. The van der Waals surface area contributed by atoms with Gasteiger partial charge in [0.2, 0.25) is 11.2 Å². The third-order valence-electron chi connectivity index (χ3n) is 6.24. The maximum absolute atomic E-state index is 13.9. The van der Waals surface area contributed by atoms with Gasteiger partial charge in [-0.1, -0.05) is 48.3 Å². The van der Waals surface area contributed by atoms with Crippen molar-refractivity contribution in [3.63, 3.8) is 0 Å². The summed E-state index contributed by atoms with van der Waals surface area (Å²) in [4.78, 5) is 35.5. The van der Waals surface area contributed by atoms with E-state index in [1.165, 1.54) is 6.20 Å². The number of aromatic nitrogens is 2. The molecule has 0 N–H and O–H groups in total. The second kappa shape index (κ2) is 9.34. The van der Waals surface area contributed by atoms with Gasteiger partial charge in [-0.05, 0) is 66.3 Å². The number of allylic oxidation sites excluding steroid dienone is 3. The number of carbonyl (C=O) groups is 2. The van der Waals surface area contributed by atoms with Crippen LogP contribution in [0.1, 0.15) is 44.1 Å². The Kier molecular flexibility index (Phi) is 6.70. The Morgan fingerprint density at radius 3 is 2.66 bits per heavy atom. The van der Waals surface area contributed by atoms with Gasteiger partial charge in [0.1, 0.15) is 12.1 Å². The van der Waals surface area contributed by atoms with Crippen molar-refractivity contribution in [1.82, 2.24) is 9.97 Å². The van der Waals surface area contributed by atoms with Crippen LogP contribution in [-0.2, 0) is 9.59 Å². The molecular weight excluding hydrogens is 469 g/mol. The summed E-state index contributed by atoms with van der Waals surface area (Å²) in [5, 5.41) is 1.45. The molecule has 5 nitrogen and oxygen atoms in total. The predicted molar refractivity (Wildman–Crippen MR) is 127 cm³/mol. The van der Waals surface area contributed by atoms with Gasteiger partial charge in [0.25, 0.3) is 0 Å². The van der Waals surface area contributed by atoms with Crippen molar-refractivity contribution in [2.24, 2.45) is 5.41 Å². The minimum Gasteiger partial charge on any atom is -0.303 e. The average Bonchev–Trinajstić information content (AvgIpc) is 2.76. The van der Waals surface area contributed by atoms with Crippen molar-refractivity contribution in [2.45, 2.75) is 44.6 Å². The van der Waals surface area contributed by atoms with Crippen molar-refractivity contribution in [1.29, 1.82) is 0 Å². The highest BCUT2D eigenvalue weighted by Crippen LogP contribution is 2.49. The monoisotopic (exact) mass is 489 g/mol. The zero-order valence-electron chi connectivity index (χ0n) is 17.5. The summed E-state index contributed by atoms with van der Waals surface area (Å²) in [5.74, 6) is 0.135. The van der Waals surface area contributed by atoms with Crippen LogP contribution in [0.25, 0.3) is 0 Å². The molecule has 0 saturated carbocycles. The van der Waals surface area contributed by atoms with Crippen LogP contribution in [0.15, 0.2) is 59.3 Å². The van der Waals surface area contributed by atoms with E-state index in [-0.39, 0.29) is 29.6 Å². The van der Waals surface area contributed by atoms with E-state index in [0.717, 1.165) is 22.5 Å². The van der Waals surface area contributed by atoms with Gasteiger partial charge in [-0.2, -0.15) is 0 Å². The Balaban J connectivity index is 1.93. The van der Waals surface area contributed by atoms with Crippen LogP contribution in [0.2, 0.25) is 10.3 Å². The van der Waals surface area contributed by atoms with Crippen molar-refractivity contribution in [3.05, 3.63) is 75.2 Å². The summed E-state index contributed by atoms with van der Waals surface area (Å²) < 4.78 is 0. The number of hydrogen-bond acceptors (Lipinski definition) is 4. The van der Waals surface area contributed by atoms with E-state index in [1.54, 1.807) is 11.0 Å². The van der Waals surface area contributed by atoms with Crippen molar-refractivity contribution < 1.29 is 9.59 Å². The van der Waals surface area contributed by atoms with Crippen LogP contribution in [0, 0.1) is 5.41 Å². The van der Waals surface area contributed by atoms with Gasteiger partial charge in [-0.25, -0.2) is 9.97 Å². The highest BCUT2D eigenvalue weighted by Gasteiger charge is 2.51. The van der Waals surface area contributed by atoms with E-state index in [4.69, 9.17) is 34.8 Å². The number of benzene rings is 1. The van der Waals surface area contributed by atoms with Gasteiger partial charge in [0.05, 0.1) is 11.5 Å². The van der Waals surface area contributed by atoms with E-state index < -0.39 is 5.41 Å². The summed E-state index contributed by atoms with van der Waals surface area (Å²) in [6.07, 6.45) is 8.22. The topological polar surface area (TPSA) is 63.2 Å². The molecule has 0 spiro atoms. The number of anilines is 1. The van der Waals surface area contributed by atoms with Gasteiger partial charge in [-0.15, -0.1) is 0 Å². The minimum absolute atomic E-state index is 0.0524. The van der Waals surface area contributed by atoms with Gasteiger partial charge in [0.15, 0.2) is 0 Å². The molecule has 32 heavy (non-hydrogen) atoms. The first-order valence-electron chi connectivity index (χ1n) is 10.4. The first kappa shape index (κ1) is 23.0. The number of carbonyl (C=O) groups excluding carboxylic acids is 2. The Bertz CT molecular complexity index is 1120. The normalized spacial score (nSPS) is 25.9. The summed E-state index contributed by atoms with van der Waals surface area (Å²) in [5.41, 5.74) is 1.17. The first-order valence-corrected chi connectivity index (χ1v) is 11.5. The largest absolute Gasteiger partial charge is 0.303 e. The molecule has 1 aliphatic heterocycles. The third kappa shape index (κ3) is 4.47. The van der Waals surface area contributed by atoms with Gasteiger partial charge < -0.3 is 4.79 Å². The SMILES string of the molecule is C[C@]1(CC=O)C[C@H](c2cccc(Cl)c2)C(C2=CC=C(Cl)CC2)N(c2ccnc(Cl)n2)C1=O. The number of nitrogens with zero attached hydrogens (tertiary/aromatic N) is 3. The molecular formula is C24H22Cl3N3O2. The van der Waals surface area contributed by atoms with E-state index >= 15 is 0 Å². The Morgan fingerprint density at radius 1 is 1.19 bits per heavy atom. The maximum atomic E-state index is 13.9. The molecule has 2 heterocycles.